The van der Waals surface area contributed by atoms with Crippen molar-refractivity contribution in [1.29, 1.82) is 0 Å². The van der Waals surface area contributed by atoms with Gasteiger partial charge in [-0.05, 0) is 24.5 Å². The molecule has 0 spiro atoms. The molecule has 0 aromatic heterocycles. The quantitative estimate of drug-likeness (QED) is 0.803. The molecule has 1 aliphatic rings. The minimum atomic E-state index is -0.700. The first-order valence-corrected chi connectivity index (χ1v) is 6.67. The molecule has 0 aliphatic heterocycles. The number of benzene rings is 1. The number of aliphatic carboxylic acids is 1. The average molecular weight is 264 g/mol. The van der Waals surface area contributed by atoms with Crippen LogP contribution < -0.4 is 4.74 Å². The summed E-state index contributed by atoms with van der Waals surface area (Å²) in [6, 6.07) is 7.74. The molecule has 4 nitrogen and oxygen atoms in total. The lowest BCUT2D eigenvalue weighted by molar-refractivity contribution is -0.142. The van der Waals surface area contributed by atoms with Crippen molar-refractivity contribution < 1.29 is 19.4 Å². The van der Waals surface area contributed by atoms with Crippen LogP contribution in [0.25, 0.3) is 0 Å². The standard InChI is InChI=1S/C15H20O4/c1-18-9-10-19-14-8-3-2-5-12(14)11-6-4-7-13(11)15(16)17/h2-3,5,8,11,13H,4,6-7,9-10H2,1H3,(H,16,17). The molecular weight excluding hydrogens is 244 g/mol. The summed E-state index contributed by atoms with van der Waals surface area (Å²) in [6.07, 6.45) is 2.64. The number of ether oxygens (including phenoxy) is 2. The van der Waals surface area contributed by atoms with E-state index in [2.05, 4.69) is 0 Å². The highest BCUT2D eigenvalue weighted by Crippen LogP contribution is 2.43. The Hall–Kier alpha value is -1.55. The lowest BCUT2D eigenvalue weighted by atomic mass is 9.88. The van der Waals surface area contributed by atoms with Gasteiger partial charge in [0.1, 0.15) is 12.4 Å². The summed E-state index contributed by atoms with van der Waals surface area (Å²) in [5, 5.41) is 9.29. The van der Waals surface area contributed by atoms with Crippen molar-refractivity contribution in [1.82, 2.24) is 0 Å². The molecule has 0 heterocycles. The molecule has 104 valence electrons. The third kappa shape index (κ3) is 3.26. The number of para-hydroxylation sites is 1. The lowest BCUT2D eigenvalue weighted by Crippen LogP contribution is -2.17. The van der Waals surface area contributed by atoms with E-state index in [-0.39, 0.29) is 11.8 Å². The van der Waals surface area contributed by atoms with E-state index in [1.807, 2.05) is 24.3 Å². The van der Waals surface area contributed by atoms with Crippen LogP contribution in [0.5, 0.6) is 5.75 Å². The number of methoxy groups -OCH3 is 1. The minimum Gasteiger partial charge on any atom is -0.491 e. The van der Waals surface area contributed by atoms with Crippen molar-refractivity contribution in [3.63, 3.8) is 0 Å². The fourth-order valence-corrected chi connectivity index (χ4v) is 2.78. The van der Waals surface area contributed by atoms with Gasteiger partial charge in [-0.25, -0.2) is 0 Å². The zero-order valence-electron chi connectivity index (χ0n) is 11.2. The van der Waals surface area contributed by atoms with Crippen LogP contribution in [-0.2, 0) is 9.53 Å². The van der Waals surface area contributed by atoms with E-state index in [4.69, 9.17) is 9.47 Å². The van der Waals surface area contributed by atoms with E-state index in [0.29, 0.717) is 13.2 Å². The second kappa shape index (κ2) is 6.57. The molecule has 1 N–H and O–H groups in total. The van der Waals surface area contributed by atoms with Crippen LogP contribution in [0.2, 0.25) is 0 Å². The molecule has 2 atom stereocenters. The Labute approximate surface area is 113 Å². The van der Waals surface area contributed by atoms with Crippen molar-refractivity contribution >= 4 is 5.97 Å². The second-order valence-corrected chi connectivity index (χ2v) is 4.86. The zero-order chi connectivity index (χ0) is 13.7. The topological polar surface area (TPSA) is 55.8 Å². The predicted octanol–water partition coefficient (Wildman–Crippen LogP) is 2.68. The third-order valence-electron chi connectivity index (χ3n) is 3.70. The molecule has 1 aromatic rings. The number of carboxylic acid groups (broad SMARTS) is 1. The monoisotopic (exact) mass is 264 g/mol. The van der Waals surface area contributed by atoms with Gasteiger partial charge in [-0.2, -0.15) is 0 Å². The zero-order valence-corrected chi connectivity index (χ0v) is 11.2. The van der Waals surface area contributed by atoms with Crippen molar-refractivity contribution in [3.05, 3.63) is 29.8 Å². The summed E-state index contributed by atoms with van der Waals surface area (Å²) in [7, 11) is 1.63. The molecule has 2 unspecified atom stereocenters. The normalized spacial score (nSPS) is 22.4. The van der Waals surface area contributed by atoms with Crippen LogP contribution in [0.4, 0.5) is 0 Å². The summed E-state index contributed by atoms with van der Waals surface area (Å²) in [5.41, 5.74) is 1.02. The summed E-state index contributed by atoms with van der Waals surface area (Å²) in [6.45, 7) is 1.01. The van der Waals surface area contributed by atoms with Crippen LogP contribution in [0, 0.1) is 5.92 Å². The molecule has 1 saturated carbocycles. The van der Waals surface area contributed by atoms with E-state index < -0.39 is 5.97 Å². The Kier molecular flexibility index (Phi) is 4.80. The molecule has 19 heavy (non-hydrogen) atoms. The van der Waals surface area contributed by atoms with Crippen molar-refractivity contribution in [2.45, 2.75) is 25.2 Å². The van der Waals surface area contributed by atoms with Gasteiger partial charge >= 0.3 is 5.97 Å². The number of carbonyl (C=O) groups is 1. The highest BCUT2D eigenvalue weighted by atomic mass is 16.5. The summed E-state index contributed by atoms with van der Waals surface area (Å²) in [5.74, 6) is -0.129. The average Bonchev–Trinajstić information content (AvgIpc) is 2.89. The van der Waals surface area contributed by atoms with Gasteiger partial charge in [-0.3, -0.25) is 4.79 Å². The highest BCUT2D eigenvalue weighted by molar-refractivity contribution is 5.72. The van der Waals surface area contributed by atoms with Crippen molar-refractivity contribution in [2.75, 3.05) is 20.3 Å². The Morgan fingerprint density at radius 3 is 2.84 bits per heavy atom. The SMILES string of the molecule is COCCOc1ccccc1C1CCCC1C(=O)O. The smallest absolute Gasteiger partial charge is 0.307 e. The van der Waals surface area contributed by atoms with Gasteiger partial charge < -0.3 is 14.6 Å². The second-order valence-electron chi connectivity index (χ2n) is 4.86. The Balaban J connectivity index is 2.16. The summed E-state index contributed by atoms with van der Waals surface area (Å²) in [4.78, 5) is 11.3. The summed E-state index contributed by atoms with van der Waals surface area (Å²) < 4.78 is 10.7. The predicted molar refractivity (Wildman–Crippen MR) is 71.5 cm³/mol. The van der Waals surface area contributed by atoms with Crippen LogP contribution in [-0.4, -0.2) is 31.4 Å². The maximum atomic E-state index is 11.3. The number of rotatable bonds is 6. The molecule has 0 radical (unpaired) electrons. The van der Waals surface area contributed by atoms with Crippen molar-refractivity contribution in [3.8, 4) is 5.75 Å². The fraction of sp³-hybridized carbons (Fsp3) is 0.533. The van der Waals surface area contributed by atoms with Crippen LogP contribution in [0.15, 0.2) is 24.3 Å². The lowest BCUT2D eigenvalue weighted by Gasteiger charge is -2.19. The molecule has 4 heteroatoms. The van der Waals surface area contributed by atoms with Crippen LogP contribution in [0.1, 0.15) is 30.7 Å². The Morgan fingerprint density at radius 2 is 2.11 bits per heavy atom. The summed E-state index contributed by atoms with van der Waals surface area (Å²) >= 11 is 0. The fourth-order valence-electron chi connectivity index (χ4n) is 2.78. The van der Waals surface area contributed by atoms with Gasteiger partial charge in [0, 0.05) is 13.0 Å². The van der Waals surface area contributed by atoms with E-state index in [1.54, 1.807) is 7.11 Å². The number of hydrogen-bond acceptors (Lipinski definition) is 3. The molecule has 0 bridgehead atoms. The minimum absolute atomic E-state index is 0.0660. The Bertz CT molecular complexity index is 430. The first-order valence-electron chi connectivity index (χ1n) is 6.67. The van der Waals surface area contributed by atoms with Gasteiger partial charge in [0.2, 0.25) is 0 Å². The van der Waals surface area contributed by atoms with Crippen LogP contribution in [0.3, 0.4) is 0 Å². The molecule has 2 rings (SSSR count). The van der Waals surface area contributed by atoms with Crippen molar-refractivity contribution in [2.24, 2.45) is 5.92 Å². The van der Waals surface area contributed by atoms with E-state index >= 15 is 0 Å². The molecule has 0 saturated heterocycles. The first-order chi connectivity index (χ1) is 9.24. The molecule has 0 amide bonds. The van der Waals surface area contributed by atoms with E-state index in [9.17, 15) is 9.90 Å². The van der Waals surface area contributed by atoms with E-state index in [1.165, 1.54) is 0 Å². The number of carboxylic acids is 1. The van der Waals surface area contributed by atoms with Gasteiger partial charge in [0.25, 0.3) is 0 Å². The maximum Gasteiger partial charge on any atom is 0.307 e. The van der Waals surface area contributed by atoms with Gasteiger partial charge in [0.05, 0.1) is 12.5 Å². The molecular formula is C15H20O4. The molecule has 1 aliphatic carbocycles. The largest absolute Gasteiger partial charge is 0.491 e. The van der Waals surface area contributed by atoms with E-state index in [0.717, 1.165) is 30.6 Å². The molecule has 1 fully saturated rings. The van der Waals surface area contributed by atoms with Gasteiger partial charge in [-0.1, -0.05) is 24.6 Å². The molecule has 1 aromatic carbocycles. The Morgan fingerprint density at radius 1 is 1.32 bits per heavy atom. The first kappa shape index (κ1) is 13.9. The van der Waals surface area contributed by atoms with Gasteiger partial charge in [-0.15, -0.1) is 0 Å². The maximum absolute atomic E-state index is 11.3. The highest BCUT2D eigenvalue weighted by Gasteiger charge is 2.35. The van der Waals surface area contributed by atoms with Crippen LogP contribution >= 0.6 is 0 Å². The third-order valence-corrected chi connectivity index (χ3v) is 3.70. The van der Waals surface area contributed by atoms with Gasteiger partial charge in [0.15, 0.2) is 0 Å². The number of hydrogen-bond donors (Lipinski definition) is 1.